The van der Waals surface area contributed by atoms with E-state index in [0.29, 0.717) is 39.1 Å². The summed E-state index contributed by atoms with van der Waals surface area (Å²) < 4.78 is 5.02. The number of para-hydroxylation sites is 1. The van der Waals surface area contributed by atoms with Crippen molar-refractivity contribution < 1.29 is 14.3 Å². The number of rotatable bonds is 7. The number of anilines is 1. The summed E-state index contributed by atoms with van der Waals surface area (Å²) in [6.07, 6.45) is 3.25. The molecule has 0 atom stereocenters. The lowest BCUT2D eigenvalue weighted by molar-refractivity contribution is -0.137. The Balaban J connectivity index is 1.68. The van der Waals surface area contributed by atoms with Crippen molar-refractivity contribution in [3.8, 4) is 0 Å². The topological polar surface area (TPSA) is 70.7 Å². The maximum Gasteiger partial charge on any atom is 0.245 e. The third-order valence-corrected chi connectivity index (χ3v) is 5.04. The Kier molecular flexibility index (Phi) is 5.58. The molecular formula is C19H27N3O3. The highest BCUT2D eigenvalue weighted by atomic mass is 16.5. The minimum absolute atomic E-state index is 0.0214. The maximum atomic E-state index is 12.9. The summed E-state index contributed by atoms with van der Waals surface area (Å²) in [5.41, 5.74) is 0.237. The van der Waals surface area contributed by atoms with Crippen LogP contribution in [0.5, 0.6) is 0 Å². The zero-order chi connectivity index (χ0) is 17.7. The smallest absolute Gasteiger partial charge is 0.245 e. The van der Waals surface area contributed by atoms with Crippen molar-refractivity contribution in [1.29, 1.82) is 0 Å². The zero-order valence-corrected chi connectivity index (χ0v) is 14.8. The van der Waals surface area contributed by atoms with Crippen molar-refractivity contribution in [2.75, 3.05) is 38.7 Å². The number of hydrogen-bond donors (Lipinski definition) is 2. The highest BCUT2D eigenvalue weighted by Crippen LogP contribution is 2.34. The van der Waals surface area contributed by atoms with Gasteiger partial charge in [0.1, 0.15) is 5.54 Å². The molecule has 3 rings (SSSR count). The highest BCUT2D eigenvalue weighted by Gasteiger charge is 2.44. The standard InChI is InChI=1S/C19H27N3O3/c1-25-14-11-20-18(24)19(21-16-5-3-2-4-6-16)9-12-22(13-10-19)17(23)15-7-8-15/h2-6,15,21H,7-14H2,1H3,(H,20,24). The van der Waals surface area contributed by atoms with Crippen LogP contribution >= 0.6 is 0 Å². The van der Waals surface area contributed by atoms with Gasteiger partial charge >= 0.3 is 0 Å². The molecule has 2 aliphatic rings. The van der Waals surface area contributed by atoms with Crippen molar-refractivity contribution in [2.45, 2.75) is 31.2 Å². The molecule has 1 aliphatic carbocycles. The van der Waals surface area contributed by atoms with Gasteiger partial charge in [-0.25, -0.2) is 0 Å². The Hall–Kier alpha value is -2.08. The number of hydrogen-bond acceptors (Lipinski definition) is 4. The second-order valence-electron chi connectivity index (χ2n) is 6.92. The lowest BCUT2D eigenvalue weighted by Crippen LogP contribution is -2.59. The Bertz CT molecular complexity index is 593. The molecule has 136 valence electrons. The van der Waals surface area contributed by atoms with Crippen molar-refractivity contribution in [3.63, 3.8) is 0 Å². The second-order valence-corrected chi connectivity index (χ2v) is 6.92. The normalized spacial score (nSPS) is 19.3. The van der Waals surface area contributed by atoms with E-state index in [4.69, 9.17) is 4.74 Å². The van der Waals surface area contributed by atoms with Crippen molar-refractivity contribution >= 4 is 17.5 Å². The molecule has 1 aromatic carbocycles. The van der Waals surface area contributed by atoms with E-state index in [1.807, 2.05) is 35.2 Å². The maximum absolute atomic E-state index is 12.9. The van der Waals surface area contributed by atoms with Crippen LogP contribution in [0.4, 0.5) is 5.69 Å². The third-order valence-electron chi connectivity index (χ3n) is 5.04. The average molecular weight is 345 g/mol. The zero-order valence-electron chi connectivity index (χ0n) is 14.8. The molecule has 25 heavy (non-hydrogen) atoms. The van der Waals surface area contributed by atoms with Gasteiger partial charge in [0.05, 0.1) is 6.61 Å². The molecule has 1 saturated heterocycles. The monoisotopic (exact) mass is 345 g/mol. The summed E-state index contributed by atoms with van der Waals surface area (Å²) in [4.78, 5) is 27.1. The van der Waals surface area contributed by atoms with Crippen LogP contribution in [0, 0.1) is 5.92 Å². The molecule has 6 heteroatoms. The van der Waals surface area contributed by atoms with Crippen LogP contribution in [0.15, 0.2) is 30.3 Å². The SMILES string of the molecule is COCCNC(=O)C1(Nc2ccccc2)CCN(C(=O)C2CC2)CC1. The predicted molar refractivity (Wildman–Crippen MR) is 96.2 cm³/mol. The average Bonchev–Trinajstić information content (AvgIpc) is 3.48. The van der Waals surface area contributed by atoms with Gasteiger partial charge in [-0.1, -0.05) is 18.2 Å². The van der Waals surface area contributed by atoms with Gasteiger partial charge in [-0.3, -0.25) is 9.59 Å². The van der Waals surface area contributed by atoms with E-state index >= 15 is 0 Å². The van der Waals surface area contributed by atoms with E-state index in [1.54, 1.807) is 7.11 Å². The van der Waals surface area contributed by atoms with Crippen LogP contribution in [-0.2, 0) is 14.3 Å². The van der Waals surface area contributed by atoms with Crippen LogP contribution in [0.2, 0.25) is 0 Å². The van der Waals surface area contributed by atoms with E-state index in [0.717, 1.165) is 18.5 Å². The fourth-order valence-electron chi connectivity index (χ4n) is 3.34. The molecule has 1 aromatic rings. The van der Waals surface area contributed by atoms with Crippen LogP contribution in [0.3, 0.4) is 0 Å². The Labute approximate surface area is 148 Å². The van der Waals surface area contributed by atoms with Gasteiger partial charge in [-0.15, -0.1) is 0 Å². The van der Waals surface area contributed by atoms with E-state index < -0.39 is 5.54 Å². The Morgan fingerprint density at radius 3 is 2.48 bits per heavy atom. The summed E-state index contributed by atoms with van der Waals surface area (Å²) in [6.45, 7) is 2.21. The molecule has 2 fully saturated rings. The lowest BCUT2D eigenvalue weighted by Gasteiger charge is -2.41. The summed E-state index contributed by atoms with van der Waals surface area (Å²) >= 11 is 0. The van der Waals surface area contributed by atoms with Crippen LogP contribution in [-0.4, -0.2) is 55.6 Å². The molecule has 1 saturated carbocycles. The molecule has 2 N–H and O–H groups in total. The van der Waals surface area contributed by atoms with E-state index in [-0.39, 0.29) is 17.7 Å². The van der Waals surface area contributed by atoms with Crippen molar-refractivity contribution in [1.82, 2.24) is 10.2 Å². The molecule has 0 bridgehead atoms. The Morgan fingerprint density at radius 2 is 1.88 bits per heavy atom. The highest BCUT2D eigenvalue weighted by molar-refractivity contribution is 5.90. The molecule has 0 aromatic heterocycles. The van der Waals surface area contributed by atoms with Gasteiger partial charge in [0.2, 0.25) is 11.8 Å². The number of benzene rings is 1. The summed E-state index contributed by atoms with van der Waals surface area (Å²) in [5, 5.41) is 6.40. The summed E-state index contributed by atoms with van der Waals surface area (Å²) in [6, 6.07) is 9.78. The second kappa shape index (κ2) is 7.87. The van der Waals surface area contributed by atoms with Gasteiger partial charge in [0, 0.05) is 38.3 Å². The largest absolute Gasteiger partial charge is 0.383 e. The molecule has 0 radical (unpaired) electrons. The Morgan fingerprint density at radius 1 is 1.20 bits per heavy atom. The lowest BCUT2D eigenvalue weighted by atomic mass is 9.85. The third kappa shape index (κ3) is 4.31. The number of methoxy groups -OCH3 is 1. The number of ether oxygens (including phenoxy) is 1. The minimum atomic E-state index is -0.685. The molecule has 6 nitrogen and oxygen atoms in total. The first-order valence-corrected chi connectivity index (χ1v) is 9.04. The van der Waals surface area contributed by atoms with Gasteiger partial charge in [-0.2, -0.15) is 0 Å². The van der Waals surface area contributed by atoms with E-state index in [9.17, 15) is 9.59 Å². The number of nitrogens with one attached hydrogen (secondary N) is 2. The van der Waals surface area contributed by atoms with Gasteiger partial charge in [-0.05, 0) is 37.8 Å². The molecule has 2 amide bonds. The number of carbonyl (C=O) groups is 2. The van der Waals surface area contributed by atoms with Crippen LogP contribution in [0.25, 0.3) is 0 Å². The van der Waals surface area contributed by atoms with E-state index in [1.165, 1.54) is 0 Å². The molecular weight excluding hydrogens is 318 g/mol. The van der Waals surface area contributed by atoms with Crippen LogP contribution in [0.1, 0.15) is 25.7 Å². The summed E-state index contributed by atoms with van der Waals surface area (Å²) in [5.74, 6) is 0.463. The fraction of sp³-hybridized carbons (Fsp3) is 0.579. The molecule has 1 aliphatic heterocycles. The molecule has 0 spiro atoms. The predicted octanol–water partition coefficient (Wildman–Crippen LogP) is 1.63. The number of amides is 2. The van der Waals surface area contributed by atoms with Gasteiger partial charge in [0.15, 0.2) is 0 Å². The van der Waals surface area contributed by atoms with Crippen LogP contribution < -0.4 is 10.6 Å². The first kappa shape index (κ1) is 17.7. The van der Waals surface area contributed by atoms with E-state index in [2.05, 4.69) is 10.6 Å². The first-order chi connectivity index (χ1) is 12.1. The fourth-order valence-corrected chi connectivity index (χ4v) is 3.34. The van der Waals surface area contributed by atoms with Crippen molar-refractivity contribution in [3.05, 3.63) is 30.3 Å². The van der Waals surface area contributed by atoms with Crippen molar-refractivity contribution in [2.24, 2.45) is 5.92 Å². The molecule has 1 heterocycles. The first-order valence-electron chi connectivity index (χ1n) is 9.04. The minimum Gasteiger partial charge on any atom is -0.383 e. The number of carbonyl (C=O) groups excluding carboxylic acids is 2. The number of piperidine rings is 1. The summed E-state index contributed by atoms with van der Waals surface area (Å²) in [7, 11) is 1.62. The van der Waals surface area contributed by atoms with Gasteiger partial charge < -0.3 is 20.3 Å². The quantitative estimate of drug-likeness (QED) is 0.737. The van der Waals surface area contributed by atoms with Gasteiger partial charge in [0.25, 0.3) is 0 Å². The number of nitrogens with zero attached hydrogens (tertiary/aromatic N) is 1. The molecule has 0 unspecified atom stereocenters. The number of likely N-dealkylation sites (tertiary alicyclic amines) is 1.